The summed E-state index contributed by atoms with van der Waals surface area (Å²) in [6, 6.07) is 0. The van der Waals surface area contributed by atoms with Crippen molar-refractivity contribution < 1.29 is 0 Å². The van der Waals surface area contributed by atoms with Crippen LogP contribution < -0.4 is 16.2 Å². The fourth-order valence-electron chi connectivity index (χ4n) is 2.06. The third kappa shape index (κ3) is 1.95. The Morgan fingerprint density at radius 1 is 1.20 bits per heavy atom. The number of anilines is 1. The molecule has 4 nitrogen and oxygen atoms in total. The first-order valence-electron chi connectivity index (χ1n) is 5.46. The van der Waals surface area contributed by atoms with Crippen LogP contribution in [0.5, 0.6) is 0 Å². The van der Waals surface area contributed by atoms with Gasteiger partial charge in [-0.25, -0.2) is 0 Å². The molecule has 1 aromatic rings. The summed E-state index contributed by atoms with van der Waals surface area (Å²) in [5, 5.41) is 3.04. The molecular formula is C11H16N2O2. The fraction of sp³-hybridized carbons (Fsp3) is 0.636. The third-order valence-electron chi connectivity index (χ3n) is 3.08. The minimum atomic E-state index is -0.353. The predicted octanol–water partition coefficient (Wildman–Crippen LogP) is 0.0987. The summed E-state index contributed by atoms with van der Waals surface area (Å²) < 4.78 is 0. The van der Waals surface area contributed by atoms with Gasteiger partial charge in [-0.05, 0) is 32.9 Å². The van der Waals surface area contributed by atoms with Crippen LogP contribution in [0.2, 0.25) is 0 Å². The van der Waals surface area contributed by atoms with E-state index in [1.54, 1.807) is 6.92 Å². The number of hydrogen-bond donors (Lipinski definition) is 1. The van der Waals surface area contributed by atoms with Gasteiger partial charge in [-0.1, -0.05) is 0 Å². The Balaban J connectivity index is 1.79. The number of hydrogen-bond acceptors (Lipinski definition) is 4. The van der Waals surface area contributed by atoms with Gasteiger partial charge in [-0.2, -0.15) is 0 Å². The first kappa shape index (κ1) is 10.4. The molecule has 0 amide bonds. The van der Waals surface area contributed by atoms with Crippen LogP contribution in [0.1, 0.15) is 18.4 Å². The molecule has 0 aliphatic carbocycles. The molecule has 0 spiro atoms. The summed E-state index contributed by atoms with van der Waals surface area (Å²) in [5.74, 6) is 0. The van der Waals surface area contributed by atoms with Crippen LogP contribution >= 0.6 is 0 Å². The van der Waals surface area contributed by atoms with Crippen LogP contribution in [0.4, 0.5) is 5.69 Å². The highest BCUT2D eigenvalue weighted by molar-refractivity contribution is 5.55. The van der Waals surface area contributed by atoms with Gasteiger partial charge < -0.3 is 10.2 Å². The van der Waals surface area contributed by atoms with E-state index in [0.29, 0.717) is 11.3 Å². The molecule has 1 aliphatic heterocycles. The lowest BCUT2D eigenvalue weighted by Gasteiger charge is -2.16. The maximum atomic E-state index is 11.1. The van der Waals surface area contributed by atoms with E-state index in [4.69, 9.17) is 0 Å². The van der Waals surface area contributed by atoms with Crippen LogP contribution in [-0.4, -0.2) is 31.1 Å². The molecule has 15 heavy (non-hydrogen) atoms. The van der Waals surface area contributed by atoms with Gasteiger partial charge >= 0.3 is 0 Å². The van der Waals surface area contributed by atoms with E-state index < -0.39 is 0 Å². The summed E-state index contributed by atoms with van der Waals surface area (Å²) in [7, 11) is 0. The van der Waals surface area contributed by atoms with Crippen molar-refractivity contribution in [3.63, 3.8) is 0 Å². The molecule has 4 heteroatoms. The summed E-state index contributed by atoms with van der Waals surface area (Å²) in [6.07, 6.45) is 2.55. The Labute approximate surface area is 88.6 Å². The number of likely N-dealkylation sites (tertiary alicyclic amines) is 1. The molecule has 2 rings (SSSR count). The van der Waals surface area contributed by atoms with E-state index in [1.807, 2.05) is 0 Å². The van der Waals surface area contributed by atoms with Crippen LogP contribution in [0, 0.1) is 6.92 Å². The molecule has 1 N–H and O–H groups in total. The zero-order valence-corrected chi connectivity index (χ0v) is 9.01. The number of rotatable bonds is 4. The van der Waals surface area contributed by atoms with E-state index in [9.17, 15) is 9.59 Å². The normalized spacial score (nSPS) is 17.4. The van der Waals surface area contributed by atoms with Crippen molar-refractivity contribution in [2.45, 2.75) is 19.8 Å². The van der Waals surface area contributed by atoms with Crippen LogP contribution in [0.3, 0.4) is 0 Å². The van der Waals surface area contributed by atoms with Gasteiger partial charge in [0.2, 0.25) is 10.9 Å². The monoisotopic (exact) mass is 208 g/mol. The minimum Gasteiger partial charge on any atom is -0.380 e. The van der Waals surface area contributed by atoms with Gasteiger partial charge in [0, 0.05) is 18.7 Å². The van der Waals surface area contributed by atoms with E-state index >= 15 is 0 Å². The number of nitrogens with zero attached hydrogens (tertiary/aromatic N) is 1. The first-order chi connectivity index (χ1) is 7.20. The standard InChI is InChI=1S/C11H16N2O2/c1-8-9(11(15)10(8)14)12-4-7-13-5-2-3-6-13/h12H,2-7H2,1H3. The van der Waals surface area contributed by atoms with Crippen molar-refractivity contribution >= 4 is 5.69 Å². The van der Waals surface area contributed by atoms with Crippen LogP contribution in [0.15, 0.2) is 9.59 Å². The topological polar surface area (TPSA) is 49.4 Å². The second-order valence-electron chi connectivity index (χ2n) is 4.13. The lowest BCUT2D eigenvalue weighted by atomic mass is 10.1. The molecule has 1 fully saturated rings. The summed E-state index contributed by atoms with van der Waals surface area (Å²) in [4.78, 5) is 24.4. The van der Waals surface area contributed by atoms with Gasteiger partial charge in [-0.15, -0.1) is 0 Å². The average molecular weight is 208 g/mol. The molecule has 0 radical (unpaired) electrons. The Hall–Kier alpha value is -1.16. The quantitative estimate of drug-likeness (QED) is 0.713. The maximum absolute atomic E-state index is 11.1. The van der Waals surface area contributed by atoms with Crippen molar-refractivity contribution in [2.24, 2.45) is 0 Å². The lowest BCUT2D eigenvalue weighted by Crippen LogP contribution is -2.38. The molecular weight excluding hydrogens is 192 g/mol. The zero-order valence-electron chi connectivity index (χ0n) is 9.01. The van der Waals surface area contributed by atoms with Crippen LogP contribution in [-0.2, 0) is 0 Å². The molecule has 1 aromatic carbocycles. The van der Waals surface area contributed by atoms with Crippen molar-refractivity contribution in [3.05, 3.63) is 26.0 Å². The second-order valence-corrected chi connectivity index (χ2v) is 4.13. The van der Waals surface area contributed by atoms with Gasteiger partial charge in [0.15, 0.2) is 0 Å². The largest absolute Gasteiger partial charge is 0.380 e. The van der Waals surface area contributed by atoms with Crippen molar-refractivity contribution in [1.82, 2.24) is 4.90 Å². The highest BCUT2D eigenvalue weighted by Crippen LogP contribution is 2.08. The summed E-state index contributed by atoms with van der Waals surface area (Å²) >= 11 is 0. The van der Waals surface area contributed by atoms with Gasteiger partial charge in [-0.3, -0.25) is 9.59 Å². The van der Waals surface area contributed by atoms with Crippen molar-refractivity contribution in [3.8, 4) is 0 Å². The van der Waals surface area contributed by atoms with Crippen molar-refractivity contribution in [2.75, 3.05) is 31.5 Å². The third-order valence-corrected chi connectivity index (χ3v) is 3.08. The smallest absolute Gasteiger partial charge is 0.249 e. The SMILES string of the molecule is Cc1c(NCCN2CCCC2)c(=O)c1=O. The minimum absolute atomic E-state index is 0.335. The molecule has 0 bridgehead atoms. The Bertz CT molecular complexity index is 412. The molecule has 1 aliphatic rings. The van der Waals surface area contributed by atoms with Gasteiger partial charge in [0.1, 0.15) is 0 Å². The van der Waals surface area contributed by atoms with E-state index in [2.05, 4.69) is 10.2 Å². The Kier molecular flexibility index (Phi) is 2.86. The summed E-state index contributed by atoms with van der Waals surface area (Å²) in [5.41, 5.74) is 0.424. The lowest BCUT2D eigenvalue weighted by molar-refractivity contribution is 0.352. The van der Waals surface area contributed by atoms with Crippen LogP contribution in [0.25, 0.3) is 0 Å². The second kappa shape index (κ2) is 4.14. The fourth-order valence-corrected chi connectivity index (χ4v) is 2.06. The maximum Gasteiger partial charge on any atom is 0.249 e. The highest BCUT2D eigenvalue weighted by Gasteiger charge is 2.16. The Morgan fingerprint density at radius 2 is 1.87 bits per heavy atom. The van der Waals surface area contributed by atoms with E-state index in [-0.39, 0.29) is 10.9 Å². The first-order valence-corrected chi connectivity index (χ1v) is 5.46. The van der Waals surface area contributed by atoms with Gasteiger partial charge in [0.25, 0.3) is 0 Å². The molecule has 0 unspecified atom stereocenters. The summed E-state index contributed by atoms with van der Waals surface area (Å²) in [6.45, 7) is 5.73. The Morgan fingerprint density at radius 3 is 2.47 bits per heavy atom. The van der Waals surface area contributed by atoms with E-state index in [0.717, 1.165) is 26.2 Å². The average Bonchev–Trinajstić information content (AvgIpc) is 2.75. The molecule has 0 aromatic heterocycles. The molecule has 0 saturated carbocycles. The predicted molar refractivity (Wildman–Crippen MR) is 60.3 cm³/mol. The molecule has 0 atom stereocenters. The molecule has 1 heterocycles. The zero-order chi connectivity index (χ0) is 10.8. The van der Waals surface area contributed by atoms with E-state index in [1.165, 1.54) is 12.8 Å². The molecule has 82 valence electrons. The van der Waals surface area contributed by atoms with Crippen molar-refractivity contribution in [1.29, 1.82) is 0 Å². The molecule has 1 saturated heterocycles. The number of nitrogens with one attached hydrogen (secondary N) is 1. The highest BCUT2D eigenvalue weighted by atomic mass is 16.2. The van der Waals surface area contributed by atoms with Gasteiger partial charge in [0.05, 0.1) is 5.69 Å².